The summed E-state index contributed by atoms with van der Waals surface area (Å²) in [6, 6.07) is 9.06. The smallest absolute Gasteiger partial charge is 0.0651 e. The van der Waals surface area contributed by atoms with Gasteiger partial charge in [0.25, 0.3) is 0 Å². The minimum Gasteiger partial charge on any atom is -0.381 e. The molecule has 1 unspecified atom stereocenters. The molecule has 3 N–H and O–H groups in total. The number of H-pyrrole nitrogens is 2. The van der Waals surface area contributed by atoms with E-state index in [9.17, 15) is 0 Å². The van der Waals surface area contributed by atoms with E-state index in [4.69, 9.17) is 0 Å². The molecule has 1 aliphatic rings. The molecule has 3 aromatic rings. The average Bonchev–Trinajstić information content (AvgIpc) is 3.18. The van der Waals surface area contributed by atoms with Gasteiger partial charge < -0.3 is 10.3 Å². The molecule has 0 saturated carbocycles. The number of piperidine rings is 1. The van der Waals surface area contributed by atoms with Crippen molar-refractivity contribution >= 4 is 16.6 Å². The normalized spacial score (nSPS) is 19.5. The number of nitrogens with zero attached hydrogens (tertiary/aromatic N) is 2. The summed E-state index contributed by atoms with van der Waals surface area (Å²) >= 11 is 0. The van der Waals surface area contributed by atoms with Crippen molar-refractivity contribution in [1.82, 2.24) is 20.1 Å². The van der Waals surface area contributed by atoms with E-state index in [-0.39, 0.29) is 0 Å². The number of benzene rings is 1. The summed E-state index contributed by atoms with van der Waals surface area (Å²) in [7, 11) is 0. The topological polar surface area (TPSA) is 59.7 Å². The minimum absolute atomic E-state index is 0.511. The summed E-state index contributed by atoms with van der Waals surface area (Å²) in [5.74, 6) is 0. The number of aromatic nitrogens is 3. The number of nitrogens with one attached hydrogen (secondary N) is 3. The summed E-state index contributed by atoms with van der Waals surface area (Å²) in [6.45, 7) is 3.31. The van der Waals surface area contributed by atoms with Gasteiger partial charge >= 0.3 is 0 Å². The Kier molecular flexibility index (Phi) is 3.56. The third-order valence-corrected chi connectivity index (χ3v) is 4.39. The van der Waals surface area contributed by atoms with Crippen LogP contribution in [0.4, 0.5) is 5.69 Å². The molecule has 0 spiro atoms. The molecule has 0 amide bonds. The Morgan fingerprint density at radius 3 is 3.23 bits per heavy atom. The van der Waals surface area contributed by atoms with E-state index in [0.717, 1.165) is 24.0 Å². The minimum atomic E-state index is 0.511. The second-order valence-electron chi connectivity index (χ2n) is 6.11. The van der Waals surface area contributed by atoms with Gasteiger partial charge in [-0.05, 0) is 49.2 Å². The molecule has 0 aliphatic carbocycles. The number of fused-ring (bicyclic) bond motifs is 1. The van der Waals surface area contributed by atoms with Crippen LogP contribution in [0.2, 0.25) is 0 Å². The van der Waals surface area contributed by atoms with Gasteiger partial charge in [-0.2, -0.15) is 5.10 Å². The van der Waals surface area contributed by atoms with Crippen molar-refractivity contribution in [2.24, 2.45) is 0 Å². The van der Waals surface area contributed by atoms with Crippen molar-refractivity contribution < 1.29 is 0 Å². The third-order valence-electron chi connectivity index (χ3n) is 4.39. The first-order valence-electron chi connectivity index (χ1n) is 7.90. The summed E-state index contributed by atoms with van der Waals surface area (Å²) in [4.78, 5) is 5.66. The van der Waals surface area contributed by atoms with E-state index in [1.165, 1.54) is 30.6 Å². The first-order chi connectivity index (χ1) is 10.9. The van der Waals surface area contributed by atoms with Crippen LogP contribution in [-0.4, -0.2) is 39.2 Å². The molecule has 1 aliphatic heterocycles. The number of hydrogen-bond acceptors (Lipinski definition) is 3. The number of aromatic amines is 2. The van der Waals surface area contributed by atoms with Crippen LogP contribution in [0.25, 0.3) is 10.9 Å². The van der Waals surface area contributed by atoms with Gasteiger partial charge in [0.2, 0.25) is 0 Å². The fourth-order valence-electron chi connectivity index (χ4n) is 3.30. The van der Waals surface area contributed by atoms with E-state index < -0.39 is 0 Å². The van der Waals surface area contributed by atoms with Crippen molar-refractivity contribution in [1.29, 1.82) is 0 Å². The van der Waals surface area contributed by atoms with Crippen molar-refractivity contribution in [3.8, 4) is 0 Å². The highest BCUT2D eigenvalue weighted by Crippen LogP contribution is 2.21. The van der Waals surface area contributed by atoms with Crippen molar-refractivity contribution in [3.05, 3.63) is 48.4 Å². The molecular weight excluding hydrogens is 274 g/mol. The van der Waals surface area contributed by atoms with Crippen molar-refractivity contribution in [2.75, 3.05) is 18.4 Å². The predicted octanol–water partition coefficient (Wildman–Crippen LogP) is 2.97. The van der Waals surface area contributed by atoms with Gasteiger partial charge in [0.1, 0.15) is 0 Å². The van der Waals surface area contributed by atoms with Gasteiger partial charge in [0.15, 0.2) is 0 Å². The zero-order valence-electron chi connectivity index (χ0n) is 12.5. The van der Waals surface area contributed by atoms with Gasteiger partial charge in [0.05, 0.1) is 11.7 Å². The van der Waals surface area contributed by atoms with E-state index in [0.29, 0.717) is 6.04 Å². The molecular formula is C17H21N5. The van der Waals surface area contributed by atoms with E-state index in [2.05, 4.69) is 55.9 Å². The third kappa shape index (κ3) is 2.85. The molecule has 4 rings (SSSR count). The molecule has 0 bridgehead atoms. The summed E-state index contributed by atoms with van der Waals surface area (Å²) < 4.78 is 0. The van der Waals surface area contributed by atoms with Crippen LogP contribution >= 0.6 is 0 Å². The summed E-state index contributed by atoms with van der Waals surface area (Å²) in [6.07, 6.45) is 8.43. The fourth-order valence-corrected chi connectivity index (χ4v) is 3.30. The maximum absolute atomic E-state index is 4.08. The predicted molar refractivity (Wildman–Crippen MR) is 88.8 cm³/mol. The Hall–Kier alpha value is -2.27. The zero-order valence-corrected chi connectivity index (χ0v) is 12.5. The maximum atomic E-state index is 4.08. The lowest BCUT2D eigenvalue weighted by atomic mass is 10.0. The molecule has 0 radical (unpaired) electrons. The van der Waals surface area contributed by atoms with Crippen LogP contribution in [0.5, 0.6) is 0 Å². The lowest BCUT2D eigenvalue weighted by molar-refractivity contribution is 0.208. The molecule has 2 aromatic heterocycles. The maximum Gasteiger partial charge on any atom is 0.0651 e. The molecule has 3 heterocycles. The van der Waals surface area contributed by atoms with Gasteiger partial charge in [0, 0.05) is 42.6 Å². The Bertz CT molecular complexity index is 730. The lowest BCUT2D eigenvalue weighted by Gasteiger charge is -2.33. The molecule has 1 fully saturated rings. The standard InChI is InChI=1S/C17H21N5/c1-2-16(12-22(7-1)11-13-5-6-18-9-13)20-15-3-4-17-14(8-15)10-19-21-17/h3-6,8-10,16,18,20H,1-2,7,11-12H2,(H,19,21). The Balaban J connectivity index is 1.41. The molecule has 114 valence electrons. The zero-order chi connectivity index (χ0) is 14.8. The van der Waals surface area contributed by atoms with Gasteiger partial charge in [-0.15, -0.1) is 0 Å². The van der Waals surface area contributed by atoms with Crippen LogP contribution < -0.4 is 5.32 Å². The highest BCUT2D eigenvalue weighted by molar-refractivity contribution is 5.81. The van der Waals surface area contributed by atoms with Crippen molar-refractivity contribution in [3.63, 3.8) is 0 Å². The number of rotatable bonds is 4. The Morgan fingerprint density at radius 1 is 1.32 bits per heavy atom. The molecule has 5 nitrogen and oxygen atoms in total. The quantitative estimate of drug-likeness (QED) is 0.693. The van der Waals surface area contributed by atoms with Crippen LogP contribution in [0.15, 0.2) is 42.9 Å². The lowest BCUT2D eigenvalue weighted by Crippen LogP contribution is -2.41. The first-order valence-corrected chi connectivity index (χ1v) is 7.90. The van der Waals surface area contributed by atoms with Crippen LogP contribution in [0.3, 0.4) is 0 Å². The number of likely N-dealkylation sites (tertiary alicyclic amines) is 1. The number of anilines is 1. The molecule has 5 heteroatoms. The monoisotopic (exact) mass is 295 g/mol. The van der Waals surface area contributed by atoms with Crippen LogP contribution in [0, 0.1) is 0 Å². The summed E-state index contributed by atoms with van der Waals surface area (Å²) in [5, 5.41) is 11.9. The van der Waals surface area contributed by atoms with Crippen LogP contribution in [0.1, 0.15) is 18.4 Å². The molecule has 1 aromatic carbocycles. The molecule has 1 atom stereocenters. The fraction of sp³-hybridized carbons (Fsp3) is 0.353. The first kappa shape index (κ1) is 13.4. The number of hydrogen-bond donors (Lipinski definition) is 3. The van der Waals surface area contributed by atoms with Gasteiger partial charge in [-0.3, -0.25) is 10.00 Å². The van der Waals surface area contributed by atoms with E-state index in [1.54, 1.807) is 0 Å². The van der Waals surface area contributed by atoms with Gasteiger partial charge in [-0.1, -0.05) is 0 Å². The summed E-state index contributed by atoms with van der Waals surface area (Å²) in [5.41, 5.74) is 3.63. The van der Waals surface area contributed by atoms with E-state index >= 15 is 0 Å². The molecule has 22 heavy (non-hydrogen) atoms. The SMILES string of the molecule is c1cc(CN2CCCC(Nc3ccc4[nH]ncc4c3)C2)c[nH]1. The second kappa shape index (κ2) is 5.85. The highest BCUT2D eigenvalue weighted by Gasteiger charge is 2.20. The highest BCUT2D eigenvalue weighted by atomic mass is 15.2. The Labute approximate surface area is 129 Å². The Morgan fingerprint density at radius 2 is 2.32 bits per heavy atom. The van der Waals surface area contributed by atoms with Crippen LogP contribution in [-0.2, 0) is 6.54 Å². The largest absolute Gasteiger partial charge is 0.381 e. The average molecular weight is 295 g/mol. The van der Waals surface area contributed by atoms with Crippen molar-refractivity contribution in [2.45, 2.75) is 25.4 Å². The van der Waals surface area contributed by atoms with E-state index in [1.807, 2.05) is 12.4 Å². The second-order valence-corrected chi connectivity index (χ2v) is 6.11. The molecule has 1 saturated heterocycles. The van der Waals surface area contributed by atoms with Gasteiger partial charge in [-0.25, -0.2) is 0 Å².